The molecule has 2 unspecified atom stereocenters. The molecule has 1 aliphatic heterocycles. The van der Waals surface area contributed by atoms with Crippen molar-refractivity contribution < 1.29 is 40.1 Å². The lowest BCUT2D eigenvalue weighted by Crippen LogP contribution is -2.54. The van der Waals surface area contributed by atoms with Crippen LogP contribution >= 0.6 is 0 Å². The Balaban J connectivity index is 1.98. The van der Waals surface area contributed by atoms with Crippen LogP contribution < -0.4 is 4.74 Å². The molecule has 31 heavy (non-hydrogen) atoms. The Bertz CT molecular complexity index is 1230. The molecule has 0 spiro atoms. The Morgan fingerprint density at radius 2 is 2.03 bits per heavy atom. The lowest BCUT2D eigenvalue weighted by atomic mass is 9.75. The number of aliphatic hydroxyl groups is 1. The maximum absolute atomic E-state index is 14.2. The Morgan fingerprint density at radius 3 is 2.77 bits per heavy atom. The van der Waals surface area contributed by atoms with Crippen molar-refractivity contribution in [2.24, 2.45) is 5.92 Å². The van der Waals surface area contributed by atoms with Gasteiger partial charge >= 0.3 is 0 Å². The van der Waals surface area contributed by atoms with Crippen LogP contribution in [0.5, 0.6) is 5.75 Å². The fraction of sp³-hybridized carbons (Fsp3) is 0.435. The quantitative estimate of drug-likeness (QED) is 0.695. The van der Waals surface area contributed by atoms with Gasteiger partial charge in [0.15, 0.2) is 11.6 Å². The zero-order chi connectivity index (χ0) is 30.3. The number of amides is 1. The summed E-state index contributed by atoms with van der Waals surface area (Å²) in [6.45, 7) is -7.56. The molecule has 0 saturated carbocycles. The normalized spacial score (nSPS) is 26.9. The van der Waals surface area contributed by atoms with Crippen molar-refractivity contribution in [1.29, 1.82) is 0 Å². The Morgan fingerprint density at radius 1 is 1.26 bits per heavy atom. The van der Waals surface area contributed by atoms with E-state index in [1.807, 2.05) is 0 Å². The van der Waals surface area contributed by atoms with E-state index in [0.717, 1.165) is 4.90 Å². The first-order valence-electron chi connectivity index (χ1n) is 13.9. The summed E-state index contributed by atoms with van der Waals surface area (Å²) >= 11 is 0. The van der Waals surface area contributed by atoms with Gasteiger partial charge in [-0.25, -0.2) is 13.2 Å². The van der Waals surface area contributed by atoms with Gasteiger partial charge in [0, 0.05) is 45.4 Å². The summed E-state index contributed by atoms with van der Waals surface area (Å²) in [5, 5.41) is 11.8. The first kappa shape index (κ1) is 13.8. The van der Waals surface area contributed by atoms with Gasteiger partial charge in [-0.2, -0.15) is 0 Å². The first-order chi connectivity index (χ1) is 18.2. The predicted octanol–water partition coefficient (Wildman–Crippen LogP) is 2.95. The van der Waals surface area contributed by atoms with E-state index < -0.39 is 80.9 Å². The molecular formula is C23H27F3N2O3. The third-order valence-electron chi connectivity index (χ3n) is 5.52. The van der Waals surface area contributed by atoms with Crippen molar-refractivity contribution in [3.63, 3.8) is 0 Å². The number of halogens is 3. The summed E-state index contributed by atoms with van der Waals surface area (Å²) in [7, 11) is -2.81. The minimum atomic E-state index is -3.13. The van der Waals surface area contributed by atoms with Gasteiger partial charge in [-0.05, 0) is 44.1 Å². The summed E-state index contributed by atoms with van der Waals surface area (Å²) < 4.78 is 114. The average Bonchev–Trinajstić information content (AvgIpc) is 2.79. The number of rotatable bonds is 6. The van der Waals surface area contributed by atoms with Gasteiger partial charge < -0.3 is 19.6 Å². The summed E-state index contributed by atoms with van der Waals surface area (Å²) in [4.78, 5) is 14.4. The van der Waals surface area contributed by atoms with Crippen LogP contribution in [-0.2, 0) is 16.8 Å². The molecule has 3 rings (SSSR count). The monoisotopic (exact) mass is 445 g/mol. The molecule has 2 aromatic rings. The van der Waals surface area contributed by atoms with Crippen molar-refractivity contribution in [3.8, 4) is 5.75 Å². The second-order valence-corrected chi connectivity index (χ2v) is 7.49. The Hall–Kier alpha value is -2.58. The highest BCUT2D eigenvalue weighted by atomic mass is 19.2. The molecule has 0 radical (unpaired) electrons. The standard InChI is InChI=1S/C23H27F3N2O3/c1-27(2)13-17-14-28(22(29)10-15-9-20(25)21(26)12-19(15)24)8-7-23(17,30)16-5-4-6-18(11-16)31-3/h4-6,9,11-12,17,30H,7-8,10,13-14H2,1-3H3/i1D3,2D3,3D3. The molecule has 1 aliphatic rings. The summed E-state index contributed by atoms with van der Waals surface area (Å²) in [5.41, 5.74) is -2.29. The third-order valence-corrected chi connectivity index (χ3v) is 5.52. The highest BCUT2D eigenvalue weighted by Gasteiger charge is 2.44. The number of methoxy groups -OCH3 is 1. The number of likely N-dealkylation sites (tertiary alicyclic amines) is 1. The minimum Gasteiger partial charge on any atom is -0.497 e. The highest BCUT2D eigenvalue weighted by Crippen LogP contribution is 2.39. The molecular weight excluding hydrogens is 409 g/mol. The summed E-state index contributed by atoms with van der Waals surface area (Å²) in [5.74, 6) is -6.11. The molecule has 2 aromatic carbocycles. The van der Waals surface area contributed by atoms with E-state index in [4.69, 9.17) is 17.1 Å². The van der Waals surface area contributed by atoms with Crippen molar-refractivity contribution in [1.82, 2.24) is 9.80 Å². The van der Waals surface area contributed by atoms with E-state index in [1.165, 1.54) is 24.3 Å². The number of carbonyl (C=O) groups is 1. The molecule has 5 nitrogen and oxygen atoms in total. The van der Waals surface area contributed by atoms with Crippen LogP contribution in [0.2, 0.25) is 0 Å². The van der Waals surface area contributed by atoms with Gasteiger partial charge in [-0.1, -0.05) is 12.1 Å². The second kappa shape index (κ2) is 9.28. The molecule has 1 saturated heterocycles. The van der Waals surface area contributed by atoms with Crippen LogP contribution in [0.25, 0.3) is 0 Å². The van der Waals surface area contributed by atoms with E-state index >= 15 is 0 Å². The van der Waals surface area contributed by atoms with Crippen LogP contribution in [0.4, 0.5) is 13.2 Å². The number of piperidine rings is 1. The fourth-order valence-electron chi connectivity index (χ4n) is 3.86. The topological polar surface area (TPSA) is 53.0 Å². The molecule has 1 fully saturated rings. The number of hydrogen-bond donors (Lipinski definition) is 1. The van der Waals surface area contributed by atoms with E-state index in [2.05, 4.69) is 0 Å². The maximum atomic E-state index is 14.2. The van der Waals surface area contributed by atoms with Crippen molar-refractivity contribution in [2.75, 3.05) is 40.6 Å². The third kappa shape index (κ3) is 5.02. The molecule has 1 N–H and O–H groups in total. The maximum Gasteiger partial charge on any atom is 0.227 e. The molecule has 1 amide bonds. The molecule has 2 atom stereocenters. The second-order valence-electron chi connectivity index (χ2n) is 7.49. The van der Waals surface area contributed by atoms with Gasteiger partial charge in [0.05, 0.1) is 23.2 Å². The number of hydrogen-bond acceptors (Lipinski definition) is 4. The fourth-order valence-corrected chi connectivity index (χ4v) is 3.86. The molecule has 168 valence electrons. The smallest absolute Gasteiger partial charge is 0.227 e. The number of ether oxygens (including phenoxy) is 1. The van der Waals surface area contributed by atoms with Crippen LogP contribution in [0, 0.1) is 23.4 Å². The number of nitrogens with zero attached hydrogens (tertiary/aromatic N) is 2. The van der Waals surface area contributed by atoms with Crippen LogP contribution in [0.3, 0.4) is 0 Å². The van der Waals surface area contributed by atoms with Gasteiger partial charge in [0.25, 0.3) is 0 Å². The molecule has 0 bridgehead atoms. The van der Waals surface area contributed by atoms with Gasteiger partial charge in [-0.15, -0.1) is 0 Å². The number of benzene rings is 2. The van der Waals surface area contributed by atoms with E-state index in [9.17, 15) is 23.1 Å². The van der Waals surface area contributed by atoms with Crippen LogP contribution in [-0.4, -0.2) is 61.4 Å². The Labute approximate surface area is 192 Å². The van der Waals surface area contributed by atoms with Gasteiger partial charge in [0.2, 0.25) is 5.91 Å². The summed E-state index contributed by atoms with van der Waals surface area (Å²) in [6.07, 6.45) is -0.935. The van der Waals surface area contributed by atoms with Crippen LogP contribution in [0.1, 0.15) is 29.9 Å². The Kier molecular flexibility index (Phi) is 4.12. The van der Waals surface area contributed by atoms with Crippen molar-refractivity contribution in [2.45, 2.75) is 18.4 Å². The average molecular weight is 446 g/mol. The molecule has 0 aliphatic carbocycles. The van der Waals surface area contributed by atoms with E-state index in [0.29, 0.717) is 12.1 Å². The number of carbonyl (C=O) groups excluding carboxylic acids is 1. The minimum absolute atomic E-state index is 0.0917. The zero-order valence-corrected chi connectivity index (χ0v) is 16.4. The summed E-state index contributed by atoms with van der Waals surface area (Å²) in [6, 6.07) is 6.20. The van der Waals surface area contributed by atoms with Crippen LogP contribution in [0.15, 0.2) is 36.4 Å². The molecule has 0 aromatic heterocycles. The zero-order valence-electron chi connectivity index (χ0n) is 25.4. The lowest BCUT2D eigenvalue weighted by Gasteiger charge is -2.46. The van der Waals surface area contributed by atoms with Gasteiger partial charge in [0.1, 0.15) is 11.6 Å². The van der Waals surface area contributed by atoms with Crippen molar-refractivity contribution >= 4 is 5.91 Å². The van der Waals surface area contributed by atoms with E-state index in [1.54, 1.807) is 0 Å². The predicted molar refractivity (Wildman–Crippen MR) is 110 cm³/mol. The first-order valence-corrected chi connectivity index (χ1v) is 9.41. The molecule has 8 heteroatoms. The molecule has 1 heterocycles. The highest BCUT2D eigenvalue weighted by molar-refractivity contribution is 5.79. The SMILES string of the molecule is [2H]C([2H])([2H])Oc1cccc(C2(O)CCN(C(=O)Cc3cc(F)c(F)cc3F)CC2CN(C([2H])([2H])[2H])C([2H])([2H])[2H])c1. The van der Waals surface area contributed by atoms with Crippen molar-refractivity contribution in [3.05, 3.63) is 65.0 Å². The lowest BCUT2D eigenvalue weighted by molar-refractivity contribution is -0.141. The van der Waals surface area contributed by atoms with E-state index in [-0.39, 0.29) is 29.2 Å². The van der Waals surface area contributed by atoms with Gasteiger partial charge in [-0.3, -0.25) is 4.79 Å². The largest absolute Gasteiger partial charge is 0.497 e.